The molecule has 0 fully saturated rings. The van der Waals surface area contributed by atoms with E-state index in [1.165, 1.54) is 24.5 Å². The van der Waals surface area contributed by atoms with Crippen LogP contribution in [-0.2, 0) is 10.0 Å². The first-order valence-electron chi connectivity index (χ1n) is 12.5. The molecule has 15 heteroatoms. The van der Waals surface area contributed by atoms with E-state index in [1.54, 1.807) is 67.3 Å². The van der Waals surface area contributed by atoms with Crippen LogP contribution in [-0.4, -0.2) is 53.7 Å². The number of nitrogens with one attached hydrogen (secondary N) is 1. The van der Waals surface area contributed by atoms with Crippen molar-refractivity contribution in [3.05, 3.63) is 93.5 Å². The fourth-order valence-electron chi connectivity index (χ4n) is 3.49. The van der Waals surface area contributed by atoms with E-state index in [0.717, 1.165) is 10.3 Å². The normalized spacial score (nSPS) is 11.3. The summed E-state index contributed by atoms with van der Waals surface area (Å²) in [5.41, 5.74) is 0.567. The van der Waals surface area contributed by atoms with Crippen LogP contribution in [0.25, 0.3) is 17.5 Å². The van der Waals surface area contributed by atoms with Crippen LogP contribution < -0.4 is 23.7 Å². The van der Waals surface area contributed by atoms with Gasteiger partial charge in [0.15, 0.2) is 23.1 Å². The first kappa shape index (κ1) is 29.9. The van der Waals surface area contributed by atoms with E-state index in [0.29, 0.717) is 15.8 Å². The van der Waals surface area contributed by atoms with Crippen molar-refractivity contribution in [2.75, 3.05) is 25.0 Å². The number of nitrogens with zero attached hydrogens (tertiary/aromatic N) is 5. The Hall–Kier alpha value is -4.60. The van der Waals surface area contributed by atoms with Crippen LogP contribution in [0.1, 0.15) is 4.88 Å². The minimum atomic E-state index is -4.06. The molecule has 0 aliphatic carbocycles. The maximum absolute atomic E-state index is 13.2. The Labute approximate surface area is 259 Å². The van der Waals surface area contributed by atoms with Crippen molar-refractivity contribution in [3.63, 3.8) is 0 Å². The van der Waals surface area contributed by atoms with Crippen molar-refractivity contribution in [2.24, 2.45) is 0 Å². The number of sulfonamides is 1. The van der Waals surface area contributed by atoms with Gasteiger partial charge in [-0.1, -0.05) is 18.2 Å². The molecule has 0 bridgehead atoms. The maximum Gasteiger partial charge on any atom is 0.316 e. The number of hydrogen-bond acceptors (Lipinski definition) is 12. The van der Waals surface area contributed by atoms with Gasteiger partial charge in [0, 0.05) is 35.2 Å². The molecule has 43 heavy (non-hydrogen) atoms. The van der Waals surface area contributed by atoms with Crippen LogP contribution in [0.5, 0.6) is 29.1 Å². The Balaban J connectivity index is 1.52. The molecule has 0 aliphatic heterocycles. The second-order valence-corrected chi connectivity index (χ2v) is 11.8. The van der Waals surface area contributed by atoms with Crippen LogP contribution in [0.15, 0.2) is 88.6 Å². The molecule has 12 nitrogen and oxygen atoms in total. The zero-order chi connectivity index (χ0) is 30.1. The summed E-state index contributed by atoms with van der Waals surface area (Å²) in [6, 6.07) is 14.0. The molecule has 1 N–H and O–H groups in total. The van der Waals surface area contributed by atoms with Crippen LogP contribution in [0, 0.1) is 0 Å². The third-order valence-electron chi connectivity index (χ3n) is 5.40. The van der Waals surface area contributed by atoms with Gasteiger partial charge >= 0.3 is 6.01 Å². The van der Waals surface area contributed by atoms with E-state index < -0.39 is 10.0 Å². The van der Waals surface area contributed by atoms with E-state index in [1.807, 2.05) is 11.4 Å². The van der Waals surface area contributed by atoms with Crippen molar-refractivity contribution in [2.45, 2.75) is 0 Å². The van der Waals surface area contributed by atoms with E-state index in [4.69, 9.17) is 18.9 Å². The maximum atomic E-state index is 13.2. The molecular weight excluding hydrogens is 660 g/mol. The van der Waals surface area contributed by atoms with E-state index >= 15 is 0 Å². The molecule has 0 saturated heterocycles. The SMILES string of the molecule is COc1ccccc1Oc1c(NS(=O)(=O)/C=C/c2cccs2)nc(-c2ccncc2)nc1OCCOc1ncc(Br)cn1. The summed E-state index contributed by atoms with van der Waals surface area (Å²) in [6.07, 6.45) is 7.73. The van der Waals surface area contributed by atoms with Gasteiger partial charge in [-0.3, -0.25) is 9.71 Å². The highest BCUT2D eigenvalue weighted by Gasteiger charge is 2.24. The van der Waals surface area contributed by atoms with Gasteiger partial charge < -0.3 is 18.9 Å². The number of rotatable bonds is 13. The Bertz CT molecular complexity index is 1790. The Morgan fingerprint density at radius 3 is 2.42 bits per heavy atom. The van der Waals surface area contributed by atoms with Gasteiger partial charge in [-0.2, -0.15) is 4.98 Å². The fraction of sp³-hybridized carbons (Fsp3) is 0.107. The molecule has 4 heterocycles. The molecule has 0 spiro atoms. The summed E-state index contributed by atoms with van der Waals surface area (Å²) in [4.78, 5) is 22.0. The number of benzene rings is 1. The average molecular weight is 684 g/mol. The van der Waals surface area contributed by atoms with Crippen LogP contribution >= 0.6 is 27.3 Å². The van der Waals surface area contributed by atoms with E-state index in [9.17, 15) is 8.42 Å². The molecule has 5 aromatic rings. The largest absolute Gasteiger partial charge is 0.493 e. The molecule has 0 unspecified atom stereocenters. The number of para-hydroxylation sites is 2. The number of thiophene rings is 1. The Morgan fingerprint density at radius 2 is 1.70 bits per heavy atom. The first-order valence-corrected chi connectivity index (χ1v) is 15.7. The molecule has 4 aromatic heterocycles. The van der Waals surface area contributed by atoms with E-state index in [-0.39, 0.29) is 48.2 Å². The third kappa shape index (κ3) is 8.24. The van der Waals surface area contributed by atoms with Crippen molar-refractivity contribution in [3.8, 4) is 40.5 Å². The first-order chi connectivity index (χ1) is 20.9. The summed E-state index contributed by atoms with van der Waals surface area (Å²) < 4.78 is 52.8. The fourth-order valence-corrected chi connectivity index (χ4v) is 5.20. The zero-order valence-corrected chi connectivity index (χ0v) is 25.7. The molecule has 0 radical (unpaired) electrons. The van der Waals surface area contributed by atoms with Crippen molar-refractivity contribution >= 4 is 49.2 Å². The average Bonchev–Trinajstić information content (AvgIpc) is 3.55. The third-order valence-corrected chi connectivity index (χ3v) is 7.62. The van der Waals surface area contributed by atoms with Gasteiger partial charge in [0.2, 0.25) is 5.75 Å². The van der Waals surface area contributed by atoms with Crippen molar-refractivity contribution in [1.29, 1.82) is 0 Å². The lowest BCUT2D eigenvalue weighted by Gasteiger charge is -2.18. The van der Waals surface area contributed by atoms with Crippen molar-refractivity contribution in [1.82, 2.24) is 24.9 Å². The lowest BCUT2D eigenvalue weighted by atomic mass is 10.2. The number of pyridine rings is 1. The molecule has 5 rings (SSSR count). The number of ether oxygens (including phenoxy) is 4. The highest BCUT2D eigenvalue weighted by Crippen LogP contribution is 2.41. The second-order valence-electron chi connectivity index (χ2n) is 8.36. The van der Waals surface area contributed by atoms with Crippen LogP contribution in [0.4, 0.5) is 5.82 Å². The van der Waals surface area contributed by atoms with Gasteiger partial charge in [0.1, 0.15) is 13.2 Å². The monoisotopic (exact) mass is 682 g/mol. The smallest absolute Gasteiger partial charge is 0.316 e. The lowest BCUT2D eigenvalue weighted by Crippen LogP contribution is -2.15. The molecule has 0 amide bonds. The number of methoxy groups -OCH3 is 1. The van der Waals surface area contributed by atoms with E-state index in [2.05, 4.69) is 45.6 Å². The van der Waals surface area contributed by atoms with Gasteiger partial charge in [-0.15, -0.1) is 11.3 Å². The molecule has 0 atom stereocenters. The quantitative estimate of drug-likeness (QED) is 0.150. The molecule has 1 aromatic carbocycles. The molecule has 0 aliphatic rings. The molecule has 0 saturated carbocycles. The van der Waals surface area contributed by atoms with Gasteiger partial charge in [-0.25, -0.2) is 23.4 Å². The standard InChI is InChI=1S/C28H23BrN6O6S2/c1-38-22-6-2-3-7-23(22)41-24-26(35-43(36,37)16-10-21-5-4-15-42-21)33-25(19-8-11-30-12-9-19)34-27(24)39-13-14-40-28-31-17-20(29)18-32-28/h2-12,15-18H,13-14H2,1H3,(H,33,34,35)/b16-10+. The predicted octanol–water partition coefficient (Wildman–Crippen LogP) is 5.82. The van der Waals surface area contributed by atoms with Crippen LogP contribution in [0.2, 0.25) is 0 Å². The number of hydrogen-bond donors (Lipinski definition) is 1. The topological polar surface area (TPSA) is 148 Å². The number of anilines is 1. The van der Waals surface area contributed by atoms with Crippen molar-refractivity contribution < 1.29 is 27.4 Å². The van der Waals surface area contributed by atoms with Crippen LogP contribution in [0.3, 0.4) is 0 Å². The predicted molar refractivity (Wildman–Crippen MR) is 165 cm³/mol. The minimum Gasteiger partial charge on any atom is -0.493 e. The molecule has 220 valence electrons. The van der Waals surface area contributed by atoms with Gasteiger partial charge in [-0.05, 0) is 57.7 Å². The summed E-state index contributed by atoms with van der Waals surface area (Å²) in [6.45, 7) is 0.0356. The molecular formula is C28H23BrN6O6S2. The highest BCUT2D eigenvalue weighted by molar-refractivity contribution is 9.10. The van der Waals surface area contributed by atoms with Gasteiger partial charge in [0.25, 0.3) is 15.9 Å². The van der Waals surface area contributed by atoms with Gasteiger partial charge in [0.05, 0.1) is 17.0 Å². The lowest BCUT2D eigenvalue weighted by molar-refractivity contribution is 0.197. The number of aromatic nitrogens is 5. The highest BCUT2D eigenvalue weighted by atomic mass is 79.9. The summed E-state index contributed by atoms with van der Waals surface area (Å²) in [5, 5.41) is 2.90. The number of halogens is 1. The Kier molecular flexibility index (Phi) is 9.76. The summed E-state index contributed by atoms with van der Waals surface area (Å²) in [7, 11) is -2.57. The summed E-state index contributed by atoms with van der Waals surface area (Å²) in [5.74, 6) is 0.554. The minimum absolute atomic E-state index is 0.0149. The summed E-state index contributed by atoms with van der Waals surface area (Å²) >= 11 is 4.68. The Morgan fingerprint density at radius 1 is 0.953 bits per heavy atom. The second kappa shape index (κ2) is 14.0. The zero-order valence-electron chi connectivity index (χ0n) is 22.5.